The van der Waals surface area contributed by atoms with E-state index in [1.165, 1.54) is 31.2 Å². The number of nitrogens with one attached hydrogen (secondary N) is 3. The molecule has 2 heterocycles. The van der Waals surface area contributed by atoms with Gasteiger partial charge in [0.15, 0.2) is 10.7 Å². The molecule has 0 bridgehead atoms. The number of sulfonamides is 1. The summed E-state index contributed by atoms with van der Waals surface area (Å²) in [7, 11) is -4.29. The van der Waals surface area contributed by atoms with Crippen LogP contribution in [0.25, 0.3) is 5.69 Å². The van der Waals surface area contributed by atoms with E-state index in [-0.39, 0.29) is 17.2 Å². The van der Waals surface area contributed by atoms with Crippen molar-refractivity contribution in [1.29, 1.82) is 0 Å². The third-order valence-corrected chi connectivity index (χ3v) is 5.15. The third kappa shape index (κ3) is 3.35. The van der Waals surface area contributed by atoms with Gasteiger partial charge in [0.25, 0.3) is 15.6 Å². The molecule has 0 aliphatic heterocycles. The molecule has 0 spiro atoms. The van der Waals surface area contributed by atoms with E-state index >= 15 is 0 Å². The number of carbonyl (C=O) groups is 1. The number of hydrogen-bond donors (Lipinski definition) is 5. The Labute approximate surface area is 155 Å². The molecule has 13 nitrogen and oxygen atoms in total. The summed E-state index contributed by atoms with van der Waals surface area (Å²) in [4.78, 5) is 37.5. The summed E-state index contributed by atoms with van der Waals surface area (Å²) in [5.74, 6) is -1.54. The lowest BCUT2D eigenvalue weighted by atomic mass is 10.3. The molecule has 0 aliphatic rings. The summed E-state index contributed by atoms with van der Waals surface area (Å²) in [6.45, 7) is 1.28. The molecule has 0 radical (unpaired) electrons. The van der Waals surface area contributed by atoms with Crippen molar-refractivity contribution in [3.8, 4) is 5.69 Å². The zero-order valence-corrected chi connectivity index (χ0v) is 14.9. The Kier molecular flexibility index (Phi) is 4.48. The molecule has 0 atom stereocenters. The van der Waals surface area contributed by atoms with E-state index in [0.717, 1.165) is 4.68 Å². The van der Waals surface area contributed by atoms with Crippen LogP contribution in [0.2, 0.25) is 0 Å². The minimum Gasteiger partial charge on any atom is -0.476 e. The number of aromatic amines is 2. The van der Waals surface area contributed by atoms with E-state index in [1.807, 2.05) is 4.98 Å². The van der Waals surface area contributed by atoms with Crippen LogP contribution in [0.3, 0.4) is 0 Å². The van der Waals surface area contributed by atoms with Gasteiger partial charge in [-0.1, -0.05) is 5.21 Å². The quantitative estimate of drug-likeness (QED) is 0.352. The lowest BCUT2D eigenvalue weighted by Gasteiger charge is -2.10. The lowest BCUT2D eigenvalue weighted by Crippen LogP contribution is -2.31. The van der Waals surface area contributed by atoms with Crippen LogP contribution in [0.4, 0.5) is 11.5 Å². The first-order chi connectivity index (χ1) is 13.1. The van der Waals surface area contributed by atoms with E-state index in [4.69, 9.17) is 10.8 Å². The number of aryl methyl sites for hydroxylation is 1. The van der Waals surface area contributed by atoms with E-state index in [0.29, 0.717) is 5.69 Å². The van der Waals surface area contributed by atoms with E-state index in [9.17, 15) is 22.8 Å². The second kappa shape index (κ2) is 6.66. The Morgan fingerprint density at radius 2 is 1.86 bits per heavy atom. The second-order valence-corrected chi connectivity index (χ2v) is 7.17. The van der Waals surface area contributed by atoms with Crippen molar-refractivity contribution in [3.05, 3.63) is 56.5 Å². The molecule has 0 aliphatic carbocycles. The molecule has 0 fully saturated rings. The van der Waals surface area contributed by atoms with Crippen molar-refractivity contribution >= 4 is 27.5 Å². The Morgan fingerprint density at radius 1 is 1.21 bits per heavy atom. The van der Waals surface area contributed by atoms with Crippen molar-refractivity contribution in [2.75, 3.05) is 10.5 Å². The van der Waals surface area contributed by atoms with Crippen LogP contribution in [-0.4, -0.2) is 44.5 Å². The van der Waals surface area contributed by atoms with Gasteiger partial charge in [0.1, 0.15) is 0 Å². The molecule has 28 heavy (non-hydrogen) atoms. The fraction of sp³-hybridized carbons (Fsp3) is 0.0714. The zero-order valence-electron chi connectivity index (χ0n) is 14.1. The number of carboxylic acid groups (broad SMARTS) is 1. The first kappa shape index (κ1) is 18.8. The van der Waals surface area contributed by atoms with Crippen LogP contribution in [0.15, 0.2) is 38.8 Å². The first-order valence-electron chi connectivity index (χ1n) is 7.51. The summed E-state index contributed by atoms with van der Waals surface area (Å²) < 4.78 is 28.2. The number of aromatic carboxylic acids is 1. The van der Waals surface area contributed by atoms with Crippen molar-refractivity contribution in [2.45, 2.75) is 11.8 Å². The Balaban J connectivity index is 1.92. The fourth-order valence-corrected chi connectivity index (χ4v) is 3.72. The van der Waals surface area contributed by atoms with Gasteiger partial charge in [-0.2, -0.15) is 4.68 Å². The van der Waals surface area contributed by atoms with E-state index < -0.39 is 37.8 Å². The minimum atomic E-state index is -4.29. The van der Waals surface area contributed by atoms with Gasteiger partial charge in [0.05, 0.1) is 5.69 Å². The molecular formula is C14H13N7O6S. The zero-order chi connectivity index (χ0) is 20.6. The third-order valence-electron chi connectivity index (χ3n) is 3.62. The van der Waals surface area contributed by atoms with Crippen molar-refractivity contribution in [3.63, 3.8) is 0 Å². The summed E-state index contributed by atoms with van der Waals surface area (Å²) in [6.07, 6.45) is 0. The predicted molar refractivity (Wildman–Crippen MR) is 96.0 cm³/mol. The monoisotopic (exact) mass is 407 g/mol. The molecule has 146 valence electrons. The van der Waals surface area contributed by atoms with E-state index in [2.05, 4.69) is 20.0 Å². The first-order valence-corrected chi connectivity index (χ1v) is 8.99. The van der Waals surface area contributed by atoms with Gasteiger partial charge in [-0.15, -0.1) is 5.10 Å². The maximum atomic E-state index is 12.5. The lowest BCUT2D eigenvalue weighted by molar-refractivity contribution is 0.0691. The molecule has 0 saturated carbocycles. The topological polar surface area (TPSA) is 206 Å². The molecule has 0 unspecified atom stereocenters. The van der Waals surface area contributed by atoms with Crippen LogP contribution in [-0.2, 0) is 10.0 Å². The SMILES string of the molecule is Cc1[nH]c(=O)[nH]c(=O)c1S(=O)(=O)Nc1ccc(-n2nnc(C(=O)O)c2N)cc1. The van der Waals surface area contributed by atoms with Gasteiger partial charge in [-0.25, -0.2) is 18.0 Å². The number of rotatable bonds is 5. The van der Waals surface area contributed by atoms with Crippen LogP contribution in [0.5, 0.6) is 0 Å². The maximum absolute atomic E-state index is 12.5. The molecule has 3 aromatic rings. The number of nitrogens with zero attached hydrogens (tertiary/aromatic N) is 3. The molecule has 3 rings (SSSR count). The van der Waals surface area contributed by atoms with Gasteiger partial charge in [0.2, 0.25) is 5.69 Å². The van der Waals surface area contributed by atoms with Crippen LogP contribution in [0.1, 0.15) is 16.2 Å². The summed E-state index contributed by atoms with van der Waals surface area (Å²) in [5.41, 5.74) is 3.70. The van der Waals surface area contributed by atoms with Crippen molar-refractivity contribution < 1.29 is 18.3 Å². The number of carboxylic acids is 1. The number of aromatic nitrogens is 5. The predicted octanol–water partition coefficient (Wildman–Crippen LogP) is -0.966. The van der Waals surface area contributed by atoms with Gasteiger partial charge < -0.3 is 15.8 Å². The van der Waals surface area contributed by atoms with Gasteiger partial charge >= 0.3 is 11.7 Å². The normalized spacial score (nSPS) is 11.3. The highest BCUT2D eigenvalue weighted by Crippen LogP contribution is 2.19. The highest BCUT2D eigenvalue weighted by Gasteiger charge is 2.22. The van der Waals surface area contributed by atoms with Crippen molar-refractivity contribution in [2.24, 2.45) is 0 Å². The van der Waals surface area contributed by atoms with Crippen LogP contribution >= 0.6 is 0 Å². The smallest absolute Gasteiger partial charge is 0.360 e. The highest BCUT2D eigenvalue weighted by atomic mass is 32.2. The van der Waals surface area contributed by atoms with Crippen LogP contribution < -0.4 is 21.7 Å². The Hall–Kier alpha value is -3.94. The standard InChI is InChI=1S/C14H13N7O6S/c1-6-10(12(22)17-14(25)16-6)28(26,27)19-7-2-4-8(5-3-7)21-11(15)9(13(23)24)18-20-21/h2-5,19H,15H2,1H3,(H,23,24)(H2,16,17,22,25). The Morgan fingerprint density at radius 3 is 2.39 bits per heavy atom. The fourth-order valence-electron chi connectivity index (χ4n) is 2.42. The molecule has 6 N–H and O–H groups in total. The molecule has 14 heteroatoms. The Bertz CT molecular complexity index is 1290. The largest absolute Gasteiger partial charge is 0.476 e. The van der Waals surface area contributed by atoms with Gasteiger partial charge in [-0.3, -0.25) is 14.5 Å². The number of benzene rings is 1. The molecule has 2 aromatic heterocycles. The van der Waals surface area contributed by atoms with Crippen molar-refractivity contribution in [1.82, 2.24) is 25.0 Å². The number of nitrogens with two attached hydrogens (primary N) is 1. The number of nitrogen functional groups attached to an aromatic ring is 1. The average molecular weight is 407 g/mol. The number of anilines is 2. The number of H-pyrrole nitrogens is 2. The molecule has 0 amide bonds. The second-order valence-electron chi connectivity index (χ2n) is 5.55. The summed E-state index contributed by atoms with van der Waals surface area (Å²) in [6, 6.07) is 5.53. The summed E-state index contributed by atoms with van der Waals surface area (Å²) >= 11 is 0. The van der Waals surface area contributed by atoms with Gasteiger partial charge in [0, 0.05) is 11.4 Å². The van der Waals surface area contributed by atoms with Gasteiger partial charge in [-0.05, 0) is 31.2 Å². The minimum absolute atomic E-state index is 0.103. The summed E-state index contributed by atoms with van der Waals surface area (Å²) in [5, 5.41) is 16.0. The van der Waals surface area contributed by atoms with E-state index in [1.54, 1.807) is 0 Å². The maximum Gasteiger partial charge on any atom is 0.360 e. The van der Waals surface area contributed by atoms with Crippen LogP contribution in [0, 0.1) is 6.92 Å². The highest BCUT2D eigenvalue weighted by molar-refractivity contribution is 7.92. The molecular weight excluding hydrogens is 394 g/mol. The average Bonchev–Trinajstić information content (AvgIpc) is 2.95. The molecule has 1 aromatic carbocycles. The number of hydrogen-bond acceptors (Lipinski definition) is 8. The molecule has 0 saturated heterocycles.